The Morgan fingerprint density at radius 3 is 3.00 bits per heavy atom. The Balaban J connectivity index is 2.11. The summed E-state index contributed by atoms with van der Waals surface area (Å²) in [6.45, 7) is 1.15. The van der Waals surface area contributed by atoms with Crippen molar-refractivity contribution in [3.8, 4) is 0 Å². The zero-order chi connectivity index (χ0) is 12.3. The van der Waals surface area contributed by atoms with Gasteiger partial charge in [0.05, 0.1) is 18.1 Å². The van der Waals surface area contributed by atoms with Crippen LogP contribution in [-0.2, 0) is 13.1 Å². The number of nitrogens with one attached hydrogen (secondary N) is 1. The first kappa shape index (κ1) is 12.0. The van der Waals surface area contributed by atoms with E-state index in [1.807, 2.05) is 7.05 Å². The fourth-order valence-electron chi connectivity index (χ4n) is 1.47. The van der Waals surface area contributed by atoms with Crippen molar-refractivity contribution in [2.45, 2.75) is 13.1 Å². The maximum Gasteiger partial charge on any atom is 0.164 e. The third-order valence-electron chi connectivity index (χ3n) is 2.25. The summed E-state index contributed by atoms with van der Waals surface area (Å²) in [5.41, 5.74) is 0.886. The normalized spacial score (nSPS) is 10.8. The van der Waals surface area contributed by atoms with Gasteiger partial charge in [-0.1, -0.05) is 17.7 Å². The fourth-order valence-corrected chi connectivity index (χ4v) is 1.68. The molecule has 0 spiro atoms. The van der Waals surface area contributed by atoms with Gasteiger partial charge in [-0.2, -0.15) is 5.10 Å². The number of hydrogen-bond donors (Lipinski definition) is 1. The first-order valence-electron chi connectivity index (χ1n) is 5.16. The standard InChI is InChI=1S/C11H12ClFN4/c1-14-5-11-15-7-17(16-11)6-8-2-3-10(13)9(12)4-8/h2-4,7,14H,5-6H2,1H3. The van der Waals surface area contributed by atoms with Crippen molar-refractivity contribution in [2.75, 3.05) is 7.05 Å². The van der Waals surface area contributed by atoms with Crippen LogP contribution in [0.2, 0.25) is 5.02 Å². The summed E-state index contributed by atoms with van der Waals surface area (Å²) in [4.78, 5) is 4.12. The highest BCUT2D eigenvalue weighted by Gasteiger charge is 2.03. The van der Waals surface area contributed by atoms with E-state index in [1.54, 1.807) is 23.1 Å². The molecule has 0 bridgehead atoms. The third kappa shape index (κ3) is 3.01. The van der Waals surface area contributed by atoms with E-state index >= 15 is 0 Å². The largest absolute Gasteiger partial charge is 0.313 e. The number of nitrogens with zero attached hydrogens (tertiary/aromatic N) is 3. The average molecular weight is 255 g/mol. The maximum atomic E-state index is 13.0. The van der Waals surface area contributed by atoms with E-state index in [1.165, 1.54) is 6.07 Å². The molecule has 0 amide bonds. The van der Waals surface area contributed by atoms with Crippen LogP contribution in [0.1, 0.15) is 11.4 Å². The van der Waals surface area contributed by atoms with Crippen molar-refractivity contribution in [2.24, 2.45) is 0 Å². The lowest BCUT2D eigenvalue weighted by molar-refractivity contribution is 0.623. The van der Waals surface area contributed by atoms with Crippen LogP contribution in [0.4, 0.5) is 4.39 Å². The van der Waals surface area contributed by atoms with Gasteiger partial charge in [0.2, 0.25) is 0 Å². The minimum absolute atomic E-state index is 0.123. The van der Waals surface area contributed by atoms with E-state index in [0.717, 1.165) is 11.4 Å². The first-order valence-corrected chi connectivity index (χ1v) is 5.53. The molecule has 0 aliphatic rings. The van der Waals surface area contributed by atoms with Gasteiger partial charge < -0.3 is 5.32 Å². The molecule has 2 aromatic rings. The van der Waals surface area contributed by atoms with Crippen LogP contribution < -0.4 is 5.32 Å². The minimum atomic E-state index is -0.412. The van der Waals surface area contributed by atoms with Crippen LogP contribution in [0, 0.1) is 5.82 Å². The molecular weight excluding hydrogens is 243 g/mol. The monoisotopic (exact) mass is 254 g/mol. The summed E-state index contributed by atoms with van der Waals surface area (Å²) >= 11 is 5.70. The van der Waals surface area contributed by atoms with Gasteiger partial charge in [-0.05, 0) is 24.7 Å². The zero-order valence-electron chi connectivity index (χ0n) is 9.32. The Hall–Kier alpha value is -1.46. The van der Waals surface area contributed by atoms with Crippen molar-refractivity contribution >= 4 is 11.6 Å². The van der Waals surface area contributed by atoms with Crippen LogP contribution in [0.15, 0.2) is 24.5 Å². The van der Waals surface area contributed by atoms with Crippen LogP contribution in [0.5, 0.6) is 0 Å². The zero-order valence-corrected chi connectivity index (χ0v) is 10.1. The molecule has 2 rings (SSSR count). The predicted molar refractivity (Wildman–Crippen MR) is 63.3 cm³/mol. The van der Waals surface area contributed by atoms with Gasteiger partial charge in [0.25, 0.3) is 0 Å². The Morgan fingerprint density at radius 2 is 2.29 bits per heavy atom. The molecule has 0 aliphatic carbocycles. The second-order valence-corrected chi connectivity index (χ2v) is 4.04. The van der Waals surface area contributed by atoms with Gasteiger partial charge in [0, 0.05) is 0 Å². The number of rotatable bonds is 4. The molecule has 17 heavy (non-hydrogen) atoms. The van der Waals surface area contributed by atoms with Crippen LogP contribution in [-0.4, -0.2) is 21.8 Å². The maximum absolute atomic E-state index is 13.0. The summed E-state index contributed by atoms with van der Waals surface area (Å²) < 4.78 is 14.7. The van der Waals surface area contributed by atoms with Gasteiger partial charge in [0.1, 0.15) is 12.1 Å². The highest BCUT2D eigenvalue weighted by molar-refractivity contribution is 6.30. The van der Waals surface area contributed by atoms with Crippen molar-refractivity contribution in [3.63, 3.8) is 0 Å². The SMILES string of the molecule is CNCc1ncn(Cc2ccc(F)c(Cl)c2)n1. The molecule has 0 unspecified atom stereocenters. The molecule has 90 valence electrons. The minimum Gasteiger partial charge on any atom is -0.313 e. The van der Waals surface area contributed by atoms with E-state index in [0.29, 0.717) is 13.1 Å². The van der Waals surface area contributed by atoms with Gasteiger partial charge in [-0.25, -0.2) is 14.1 Å². The number of benzene rings is 1. The Morgan fingerprint density at radius 1 is 1.47 bits per heavy atom. The highest BCUT2D eigenvalue weighted by Crippen LogP contribution is 2.16. The topological polar surface area (TPSA) is 42.7 Å². The highest BCUT2D eigenvalue weighted by atomic mass is 35.5. The summed E-state index contributed by atoms with van der Waals surface area (Å²) in [5, 5.41) is 7.35. The molecule has 6 heteroatoms. The quantitative estimate of drug-likeness (QED) is 0.905. The molecule has 0 radical (unpaired) electrons. The van der Waals surface area contributed by atoms with E-state index < -0.39 is 5.82 Å². The van der Waals surface area contributed by atoms with Crippen molar-refractivity contribution in [1.82, 2.24) is 20.1 Å². The Bertz CT molecular complexity index is 512. The van der Waals surface area contributed by atoms with Gasteiger partial charge in [0.15, 0.2) is 5.82 Å². The van der Waals surface area contributed by atoms with Gasteiger partial charge in [-0.3, -0.25) is 0 Å². The van der Waals surface area contributed by atoms with Crippen LogP contribution in [0.3, 0.4) is 0 Å². The molecular formula is C11H12ClFN4. The Kier molecular flexibility index (Phi) is 3.71. The lowest BCUT2D eigenvalue weighted by Crippen LogP contribution is -2.08. The van der Waals surface area contributed by atoms with E-state index in [4.69, 9.17) is 11.6 Å². The predicted octanol–water partition coefficient (Wildman–Crippen LogP) is 1.84. The summed E-state index contributed by atoms with van der Waals surface area (Å²) in [6, 6.07) is 4.63. The average Bonchev–Trinajstić information content (AvgIpc) is 2.72. The Labute approximate surface area is 103 Å². The van der Waals surface area contributed by atoms with Crippen molar-refractivity contribution in [1.29, 1.82) is 0 Å². The van der Waals surface area contributed by atoms with E-state index in [2.05, 4.69) is 15.4 Å². The van der Waals surface area contributed by atoms with E-state index in [9.17, 15) is 4.39 Å². The summed E-state index contributed by atoms with van der Waals surface area (Å²) in [5.74, 6) is 0.311. The first-order chi connectivity index (χ1) is 8.19. The number of hydrogen-bond acceptors (Lipinski definition) is 3. The molecule has 1 aromatic carbocycles. The van der Waals surface area contributed by atoms with Crippen LogP contribution >= 0.6 is 11.6 Å². The van der Waals surface area contributed by atoms with Crippen molar-refractivity contribution < 1.29 is 4.39 Å². The molecule has 0 fully saturated rings. The molecule has 0 saturated carbocycles. The summed E-state index contributed by atoms with van der Waals surface area (Å²) in [6.07, 6.45) is 1.64. The van der Waals surface area contributed by atoms with Gasteiger partial charge in [-0.15, -0.1) is 0 Å². The van der Waals surface area contributed by atoms with Crippen molar-refractivity contribution in [3.05, 3.63) is 46.8 Å². The molecule has 1 aromatic heterocycles. The van der Waals surface area contributed by atoms with Gasteiger partial charge >= 0.3 is 0 Å². The molecule has 0 aliphatic heterocycles. The lowest BCUT2D eigenvalue weighted by Gasteiger charge is -2.02. The molecule has 1 N–H and O–H groups in total. The lowest BCUT2D eigenvalue weighted by atomic mass is 10.2. The fraction of sp³-hybridized carbons (Fsp3) is 0.273. The third-order valence-corrected chi connectivity index (χ3v) is 2.54. The second-order valence-electron chi connectivity index (χ2n) is 3.64. The number of halogens is 2. The smallest absolute Gasteiger partial charge is 0.164 e. The number of aromatic nitrogens is 3. The molecule has 0 atom stereocenters. The molecule has 1 heterocycles. The summed E-state index contributed by atoms with van der Waals surface area (Å²) in [7, 11) is 1.83. The molecule has 0 saturated heterocycles. The van der Waals surface area contributed by atoms with E-state index in [-0.39, 0.29) is 5.02 Å². The molecule has 4 nitrogen and oxygen atoms in total. The second kappa shape index (κ2) is 5.25. The van der Waals surface area contributed by atoms with Crippen LogP contribution in [0.25, 0.3) is 0 Å².